The van der Waals surface area contributed by atoms with Crippen molar-refractivity contribution in [3.63, 3.8) is 0 Å². The van der Waals surface area contributed by atoms with Crippen LogP contribution >= 0.6 is 0 Å². The summed E-state index contributed by atoms with van der Waals surface area (Å²) < 4.78 is 12.0. The highest BCUT2D eigenvalue weighted by Crippen LogP contribution is 2.18. The zero-order valence-corrected chi connectivity index (χ0v) is 9.45. The summed E-state index contributed by atoms with van der Waals surface area (Å²) >= 11 is 0. The Morgan fingerprint density at radius 2 is 2.47 bits per heavy atom. The van der Waals surface area contributed by atoms with Crippen LogP contribution in [0.3, 0.4) is 0 Å². The fourth-order valence-corrected chi connectivity index (χ4v) is 1.88. The molecule has 92 valence electrons. The third-order valence-corrected chi connectivity index (χ3v) is 2.72. The van der Waals surface area contributed by atoms with E-state index < -0.39 is 6.67 Å². The van der Waals surface area contributed by atoms with Crippen LogP contribution in [0.1, 0.15) is 11.3 Å². The average Bonchev–Trinajstić information content (AvgIpc) is 2.35. The van der Waals surface area contributed by atoms with Crippen molar-refractivity contribution in [3.8, 4) is 0 Å². The standard InChI is InChI=1S/C11H15FN4O/c12-2-3-14-11(17)16-4-1-10-8(7-16)5-9(13)6-15-10/h5-6H,1-4,7,13H2,(H,14,17). The van der Waals surface area contributed by atoms with Gasteiger partial charge in [0, 0.05) is 31.7 Å². The monoisotopic (exact) mass is 238 g/mol. The number of alkyl halides is 1. The van der Waals surface area contributed by atoms with Crippen LogP contribution < -0.4 is 11.1 Å². The molecule has 0 radical (unpaired) electrons. The number of anilines is 1. The molecule has 0 saturated carbocycles. The van der Waals surface area contributed by atoms with E-state index in [4.69, 9.17) is 5.73 Å². The Morgan fingerprint density at radius 3 is 3.24 bits per heavy atom. The number of nitrogens with two attached hydrogens (primary N) is 1. The van der Waals surface area contributed by atoms with Gasteiger partial charge in [0.1, 0.15) is 6.67 Å². The van der Waals surface area contributed by atoms with Gasteiger partial charge in [-0.05, 0) is 11.6 Å². The normalized spacial score (nSPS) is 14.3. The quantitative estimate of drug-likeness (QED) is 0.796. The highest BCUT2D eigenvalue weighted by Gasteiger charge is 2.21. The van der Waals surface area contributed by atoms with Crippen LogP contribution in [-0.4, -0.2) is 35.7 Å². The molecule has 2 amide bonds. The van der Waals surface area contributed by atoms with Gasteiger partial charge in [0.15, 0.2) is 0 Å². The van der Waals surface area contributed by atoms with Crippen LogP contribution in [0.25, 0.3) is 0 Å². The Bertz CT molecular complexity index is 424. The van der Waals surface area contributed by atoms with E-state index in [1.807, 2.05) is 6.07 Å². The first-order valence-electron chi connectivity index (χ1n) is 5.52. The first-order valence-corrected chi connectivity index (χ1v) is 5.52. The summed E-state index contributed by atoms with van der Waals surface area (Å²) in [5.41, 5.74) is 8.19. The van der Waals surface area contributed by atoms with Gasteiger partial charge >= 0.3 is 6.03 Å². The number of urea groups is 1. The van der Waals surface area contributed by atoms with Crippen molar-refractivity contribution in [1.29, 1.82) is 0 Å². The molecule has 1 aliphatic rings. The Labute approximate surface area is 98.8 Å². The fraction of sp³-hybridized carbons (Fsp3) is 0.455. The number of amides is 2. The van der Waals surface area contributed by atoms with Crippen molar-refractivity contribution >= 4 is 11.7 Å². The number of pyridine rings is 1. The highest BCUT2D eigenvalue weighted by molar-refractivity contribution is 5.74. The maximum absolute atomic E-state index is 12.0. The van der Waals surface area contributed by atoms with Crippen molar-refractivity contribution < 1.29 is 9.18 Å². The lowest BCUT2D eigenvalue weighted by atomic mass is 10.1. The Morgan fingerprint density at radius 1 is 1.65 bits per heavy atom. The molecular weight excluding hydrogens is 223 g/mol. The van der Waals surface area contributed by atoms with Gasteiger partial charge in [-0.2, -0.15) is 0 Å². The molecule has 0 saturated heterocycles. The van der Waals surface area contributed by atoms with E-state index in [0.717, 1.165) is 11.3 Å². The van der Waals surface area contributed by atoms with Crippen molar-refractivity contribution in [2.45, 2.75) is 13.0 Å². The largest absolute Gasteiger partial charge is 0.397 e. The number of aromatic nitrogens is 1. The van der Waals surface area contributed by atoms with Gasteiger partial charge in [-0.25, -0.2) is 9.18 Å². The second-order valence-electron chi connectivity index (χ2n) is 3.97. The van der Waals surface area contributed by atoms with Crippen LogP contribution in [0.4, 0.5) is 14.9 Å². The molecule has 0 aromatic carbocycles. The van der Waals surface area contributed by atoms with E-state index in [-0.39, 0.29) is 12.6 Å². The maximum Gasteiger partial charge on any atom is 0.317 e. The Kier molecular flexibility index (Phi) is 3.41. The van der Waals surface area contributed by atoms with Crippen molar-refractivity contribution in [2.24, 2.45) is 0 Å². The molecule has 1 aromatic heterocycles. The van der Waals surface area contributed by atoms with Gasteiger partial charge in [0.2, 0.25) is 0 Å². The minimum Gasteiger partial charge on any atom is -0.397 e. The third-order valence-electron chi connectivity index (χ3n) is 2.72. The summed E-state index contributed by atoms with van der Waals surface area (Å²) in [7, 11) is 0. The Balaban J connectivity index is 2.04. The predicted octanol–water partition coefficient (Wildman–Crippen LogP) is 0.701. The molecule has 0 aliphatic carbocycles. The summed E-state index contributed by atoms with van der Waals surface area (Å²) in [5.74, 6) is 0. The van der Waals surface area contributed by atoms with Gasteiger partial charge in [-0.1, -0.05) is 0 Å². The molecule has 17 heavy (non-hydrogen) atoms. The molecule has 1 aliphatic heterocycles. The molecule has 0 bridgehead atoms. The molecule has 3 N–H and O–H groups in total. The number of rotatable bonds is 2. The van der Waals surface area contributed by atoms with Crippen molar-refractivity contribution in [3.05, 3.63) is 23.5 Å². The molecule has 2 rings (SSSR count). The smallest absolute Gasteiger partial charge is 0.317 e. The van der Waals surface area contributed by atoms with E-state index in [1.54, 1.807) is 11.1 Å². The molecule has 0 spiro atoms. The summed E-state index contributed by atoms with van der Waals surface area (Å²) in [5, 5.41) is 2.51. The molecule has 2 heterocycles. The van der Waals surface area contributed by atoms with Gasteiger partial charge in [0.05, 0.1) is 11.9 Å². The number of halogens is 1. The predicted molar refractivity (Wildman–Crippen MR) is 62.1 cm³/mol. The highest BCUT2D eigenvalue weighted by atomic mass is 19.1. The molecular formula is C11H15FN4O. The number of nitrogens with one attached hydrogen (secondary N) is 1. The van der Waals surface area contributed by atoms with Gasteiger partial charge in [-0.3, -0.25) is 4.98 Å². The number of fused-ring (bicyclic) bond motifs is 1. The summed E-state index contributed by atoms with van der Waals surface area (Å²) in [4.78, 5) is 17.5. The first kappa shape index (κ1) is 11.6. The van der Waals surface area contributed by atoms with E-state index in [1.165, 1.54) is 0 Å². The summed E-state index contributed by atoms with van der Waals surface area (Å²) in [6.07, 6.45) is 2.33. The summed E-state index contributed by atoms with van der Waals surface area (Å²) in [6.45, 7) is 0.579. The fourth-order valence-electron chi connectivity index (χ4n) is 1.88. The zero-order chi connectivity index (χ0) is 12.3. The Hall–Kier alpha value is -1.85. The maximum atomic E-state index is 12.0. The number of carbonyl (C=O) groups excluding carboxylic acids is 1. The number of hydrogen-bond acceptors (Lipinski definition) is 3. The average molecular weight is 238 g/mol. The van der Waals surface area contributed by atoms with E-state index in [2.05, 4.69) is 10.3 Å². The first-order chi connectivity index (χ1) is 8.20. The van der Waals surface area contributed by atoms with Crippen LogP contribution in [-0.2, 0) is 13.0 Å². The minimum absolute atomic E-state index is 0.0529. The van der Waals surface area contributed by atoms with Crippen molar-refractivity contribution in [2.75, 3.05) is 25.5 Å². The van der Waals surface area contributed by atoms with Gasteiger partial charge in [-0.15, -0.1) is 0 Å². The molecule has 0 unspecified atom stereocenters. The van der Waals surface area contributed by atoms with Crippen LogP contribution in [0.15, 0.2) is 12.3 Å². The number of hydrogen-bond donors (Lipinski definition) is 2. The molecule has 0 fully saturated rings. The van der Waals surface area contributed by atoms with Gasteiger partial charge in [0.25, 0.3) is 0 Å². The van der Waals surface area contributed by atoms with Crippen LogP contribution in [0, 0.1) is 0 Å². The number of nitrogens with zero attached hydrogens (tertiary/aromatic N) is 2. The van der Waals surface area contributed by atoms with Crippen LogP contribution in [0.5, 0.6) is 0 Å². The number of nitrogen functional groups attached to an aromatic ring is 1. The second kappa shape index (κ2) is 4.99. The SMILES string of the molecule is Nc1cnc2c(c1)CN(C(=O)NCCF)CC2. The topological polar surface area (TPSA) is 71.2 Å². The van der Waals surface area contributed by atoms with Crippen LogP contribution in [0.2, 0.25) is 0 Å². The zero-order valence-electron chi connectivity index (χ0n) is 9.45. The minimum atomic E-state index is -0.551. The lowest BCUT2D eigenvalue weighted by Gasteiger charge is -2.28. The van der Waals surface area contributed by atoms with E-state index >= 15 is 0 Å². The molecule has 0 atom stereocenters. The molecule has 6 heteroatoms. The molecule has 1 aromatic rings. The third kappa shape index (κ3) is 2.64. The number of carbonyl (C=O) groups is 1. The molecule has 5 nitrogen and oxygen atoms in total. The van der Waals surface area contributed by atoms with E-state index in [9.17, 15) is 9.18 Å². The van der Waals surface area contributed by atoms with Crippen molar-refractivity contribution in [1.82, 2.24) is 15.2 Å². The second-order valence-corrected chi connectivity index (χ2v) is 3.97. The van der Waals surface area contributed by atoms with Gasteiger partial charge < -0.3 is 16.0 Å². The van der Waals surface area contributed by atoms with E-state index in [0.29, 0.717) is 25.2 Å². The summed E-state index contributed by atoms with van der Waals surface area (Å²) in [6, 6.07) is 1.59. The lowest BCUT2D eigenvalue weighted by molar-refractivity contribution is 0.191. The lowest BCUT2D eigenvalue weighted by Crippen LogP contribution is -2.43.